The molecule has 1 aliphatic rings. The molecule has 17 heavy (non-hydrogen) atoms. The van der Waals surface area contributed by atoms with Gasteiger partial charge in [0.05, 0.1) is 6.10 Å². The molecule has 0 aliphatic heterocycles. The Morgan fingerprint density at radius 1 is 1.35 bits per heavy atom. The molecule has 0 radical (unpaired) electrons. The fourth-order valence-corrected chi connectivity index (χ4v) is 2.61. The van der Waals surface area contributed by atoms with Crippen LogP contribution in [-0.2, 0) is 4.74 Å². The van der Waals surface area contributed by atoms with Gasteiger partial charge in [0.2, 0.25) is 0 Å². The van der Waals surface area contributed by atoms with E-state index < -0.39 is 0 Å². The summed E-state index contributed by atoms with van der Waals surface area (Å²) in [6, 6.07) is 5.12. The molecular weight excluding hydrogens is 212 g/mol. The second kappa shape index (κ2) is 6.12. The van der Waals surface area contributed by atoms with E-state index in [0.29, 0.717) is 18.2 Å². The first kappa shape index (κ1) is 12.5. The quantitative estimate of drug-likeness (QED) is 0.869. The molecule has 1 heterocycles. The Morgan fingerprint density at radius 2 is 2.12 bits per heavy atom. The number of nitrogens with one attached hydrogen (secondary N) is 1. The maximum atomic E-state index is 5.46. The predicted octanol–water partition coefficient (Wildman–Crippen LogP) is 2.69. The summed E-state index contributed by atoms with van der Waals surface area (Å²) in [7, 11) is 1.82. The topological polar surface area (TPSA) is 34.1 Å². The summed E-state index contributed by atoms with van der Waals surface area (Å²) in [6.07, 6.45) is 9.00. The van der Waals surface area contributed by atoms with E-state index in [4.69, 9.17) is 4.74 Å². The molecule has 0 saturated heterocycles. The van der Waals surface area contributed by atoms with Crippen LogP contribution >= 0.6 is 0 Å². The van der Waals surface area contributed by atoms with Gasteiger partial charge in [-0.25, -0.2) is 0 Å². The Bertz CT molecular complexity index is 328. The molecule has 0 bridgehead atoms. The van der Waals surface area contributed by atoms with Crippen molar-refractivity contribution >= 4 is 0 Å². The van der Waals surface area contributed by atoms with Gasteiger partial charge in [0.25, 0.3) is 0 Å². The fourth-order valence-electron chi connectivity index (χ4n) is 2.61. The molecule has 1 aromatic heterocycles. The van der Waals surface area contributed by atoms with Crippen LogP contribution in [0.4, 0.5) is 0 Å². The van der Waals surface area contributed by atoms with Crippen molar-refractivity contribution in [1.82, 2.24) is 10.3 Å². The van der Waals surface area contributed by atoms with Crippen molar-refractivity contribution in [2.45, 2.75) is 50.8 Å². The number of aromatic nitrogens is 1. The van der Waals surface area contributed by atoms with Crippen molar-refractivity contribution < 1.29 is 4.74 Å². The van der Waals surface area contributed by atoms with E-state index in [1.807, 2.05) is 19.5 Å². The molecule has 1 aromatic rings. The lowest BCUT2D eigenvalue weighted by atomic mass is 9.92. The van der Waals surface area contributed by atoms with Crippen LogP contribution in [0.1, 0.15) is 44.2 Å². The van der Waals surface area contributed by atoms with Gasteiger partial charge in [-0.15, -0.1) is 0 Å². The highest BCUT2D eigenvalue weighted by molar-refractivity contribution is 5.14. The summed E-state index contributed by atoms with van der Waals surface area (Å²) in [5.74, 6) is 0. The second-order valence-corrected chi connectivity index (χ2v) is 4.89. The first-order valence-electron chi connectivity index (χ1n) is 6.48. The van der Waals surface area contributed by atoms with Crippen LogP contribution in [0, 0.1) is 0 Å². The number of ether oxygens (including phenoxy) is 1. The summed E-state index contributed by atoms with van der Waals surface area (Å²) in [6.45, 7) is 2.21. The number of pyridine rings is 1. The van der Waals surface area contributed by atoms with Gasteiger partial charge < -0.3 is 10.1 Å². The molecule has 1 fully saturated rings. The highest BCUT2D eigenvalue weighted by atomic mass is 16.5. The molecule has 1 N–H and O–H groups in total. The fraction of sp³-hybridized carbons (Fsp3) is 0.643. The minimum Gasteiger partial charge on any atom is -0.381 e. The van der Waals surface area contributed by atoms with Gasteiger partial charge in [-0.1, -0.05) is 0 Å². The SMILES string of the molecule is COC1CCCC(N[C@H](C)c2ccncc2)C1. The van der Waals surface area contributed by atoms with Crippen molar-refractivity contribution in [1.29, 1.82) is 0 Å². The average Bonchev–Trinajstić information content (AvgIpc) is 2.40. The zero-order valence-corrected chi connectivity index (χ0v) is 10.7. The maximum absolute atomic E-state index is 5.46. The molecule has 0 aromatic carbocycles. The van der Waals surface area contributed by atoms with Crippen LogP contribution in [-0.4, -0.2) is 24.2 Å². The molecule has 0 amide bonds. The number of hydrogen-bond donors (Lipinski definition) is 1. The molecule has 2 unspecified atom stereocenters. The largest absolute Gasteiger partial charge is 0.381 e. The van der Waals surface area contributed by atoms with Gasteiger partial charge >= 0.3 is 0 Å². The first-order valence-corrected chi connectivity index (χ1v) is 6.48. The third-order valence-corrected chi connectivity index (χ3v) is 3.65. The van der Waals surface area contributed by atoms with Gasteiger partial charge in [0.15, 0.2) is 0 Å². The zero-order valence-electron chi connectivity index (χ0n) is 10.7. The maximum Gasteiger partial charge on any atom is 0.0586 e. The smallest absolute Gasteiger partial charge is 0.0586 e. The molecule has 3 nitrogen and oxygen atoms in total. The van der Waals surface area contributed by atoms with E-state index in [1.54, 1.807) is 0 Å². The number of rotatable bonds is 4. The Balaban J connectivity index is 1.88. The molecular formula is C14H22N2O. The summed E-state index contributed by atoms with van der Waals surface area (Å²) in [5, 5.41) is 3.69. The van der Waals surface area contributed by atoms with E-state index in [9.17, 15) is 0 Å². The standard InChI is InChI=1S/C14H22N2O/c1-11(12-6-8-15-9-7-12)16-13-4-3-5-14(10-13)17-2/h6-9,11,13-14,16H,3-5,10H2,1-2H3/t11-,13?,14?/m1/s1. The monoisotopic (exact) mass is 234 g/mol. The van der Waals surface area contributed by atoms with Crippen molar-refractivity contribution in [2.75, 3.05) is 7.11 Å². The van der Waals surface area contributed by atoms with Crippen molar-refractivity contribution in [2.24, 2.45) is 0 Å². The molecule has 2 rings (SSSR count). The predicted molar refractivity (Wildman–Crippen MR) is 68.8 cm³/mol. The normalized spacial score (nSPS) is 26.7. The number of nitrogens with zero attached hydrogens (tertiary/aromatic N) is 1. The summed E-state index contributed by atoms with van der Waals surface area (Å²) in [4.78, 5) is 4.05. The second-order valence-electron chi connectivity index (χ2n) is 4.89. The van der Waals surface area contributed by atoms with Crippen LogP contribution in [0.15, 0.2) is 24.5 Å². The van der Waals surface area contributed by atoms with Crippen molar-refractivity contribution in [3.63, 3.8) is 0 Å². The highest BCUT2D eigenvalue weighted by Crippen LogP contribution is 2.23. The average molecular weight is 234 g/mol. The number of hydrogen-bond acceptors (Lipinski definition) is 3. The third-order valence-electron chi connectivity index (χ3n) is 3.65. The van der Waals surface area contributed by atoms with Gasteiger partial charge in [-0.05, 0) is 50.3 Å². The Labute approximate surface area is 104 Å². The zero-order chi connectivity index (χ0) is 12.1. The minimum absolute atomic E-state index is 0.388. The first-order chi connectivity index (χ1) is 8.29. The van der Waals surface area contributed by atoms with Crippen LogP contribution in [0.2, 0.25) is 0 Å². The molecule has 3 atom stereocenters. The lowest BCUT2D eigenvalue weighted by Crippen LogP contribution is -2.38. The van der Waals surface area contributed by atoms with Gasteiger partial charge in [-0.2, -0.15) is 0 Å². The van der Waals surface area contributed by atoms with Crippen molar-refractivity contribution in [3.8, 4) is 0 Å². The highest BCUT2D eigenvalue weighted by Gasteiger charge is 2.22. The summed E-state index contributed by atoms with van der Waals surface area (Å²) in [5.41, 5.74) is 1.31. The van der Waals surface area contributed by atoms with E-state index >= 15 is 0 Å². The van der Waals surface area contributed by atoms with E-state index in [1.165, 1.54) is 24.8 Å². The molecule has 94 valence electrons. The van der Waals surface area contributed by atoms with E-state index in [-0.39, 0.29) is 0 Å². The molecule has 3 heteroatoms. The lowest BCUT2D eigenvalue weighted by Gasteiger charge is -2.31. The third kappa shape index (κ3) is 3.51. The van der Waals surface area contributed by atoms with Gasteiger partial charge in [0, 0.05) is 31.6 Å². The number of methoxy groups -OCH3 is 1. The summed E-state index contributed by atoms with van der Waals surface area (Å²) < 4.78 is 5.46. The van der Waals surface area contributed by atoms with Crippen LogP contribution in [0.25, 0.3) is 0 Å². The Morgan fingerprint density at radius 3 is 2.82 bits per heavy atom. The molecule has 1 aliphatic carbocycles. The van der Waals surface area contributed by atoms with Gasteiger partial charge in [0.1, 0.15) is 0 Å². The Hall–Kier alpha value is -0.930. The van der Waals surface area contributed by atoms with Gasteiger partial charge in [-0.3, -0.25) is 4.98 Å². The van der Waals surface area contributed by atoms with E-state index in [0.717, 1.165) is 6.42 Å². The molecule has 1 saturated carbocycles. The minimum atomic E-state index is 0.388. The summed E-state index contributed by atoms with van der Waals surface area (Å²) >= 11 is 0. The lowest BCUT2D eigenvalue weighted by molar-refractivity contribution is 0.0572. The van der Waals surface area contributed by atoms with Crippen molar-refractivity contribution in [3.05, 3.63) is 30.1 Å². The van der Waals surface area contributed by atoms with Crippen LogP contribution in [0.3, 0.4) is 0 Å². The van der Waals surface area contributed by atoms with Crippen LogP contribution < -0.4 is 5.32 Å². The molecule has 0 spiro atoms. The van der Waals surface area contributed by atoms with Crippen LogP contribution in [0.5, 0.6) is 0 Å². The van der Waals surface area contributed by atoms with E-state index in [2.05, 4.69) is 29.4 Å². The Kier molecular flexibility index (Phi) is 4.51.